The van der Waals surface area contributed by atoms with Gasteiger partial charge >= 0.3 is 5.97 Å². The number of anilines is 1. The van der Waals surface area contributed by atoms with Gasteiger partial charge in [-0.15, -0.1) is 0 Å². The van der Waals surface area contributed by atoms with Crippen molar-refractivity contribution in [3.8, 4) is 6.07 Å². The highest BCUT2D eigenvalue weighted by atomic mass is 35.5. The first kappa shape index (κ1) is 22.4. The highest BCUT2D eigenvalue weighted by Crippen LogP contribution is 2.25. The van der Waals surface area contributed by atoms with Crippen LogP contribution in [0.3, 0.4) is 0 Å². The number of carbonyl (C=O) groups is 1. The van der Waals surface area contributed by atoms with Gasteiger partial charge in [0.05, 0.1) is 6.61 Å². The number of esters is 1. The Kier molecular flexibility index (Phi) is 7.69. The average Bonchev–Trinajstić information content (AvgIpc) is 2.79. The largest absolute Gasteiger partial charge is 0.462 e. The maximum absolute atomic E-state index is 13.2. The number of rotatable bonds is 6. The van der Waals surface area contributed by atoms with Crippen LogP contribution in [0.15, 0.2) is 66.3 Å². The van der Waals surface area contributed by atoms with Gasteiger partial charge in [-0.3, -0.25) is 0 Å². The lowest BCUT2D eigenvalue weighted by Gasteiger charge is -2.38. The summed E-state index contributed by atoms with van der Waals surface area (Å²) in [5.74, 6) is -0.894. The molecule has 0 saturated carbocycles. The fourth-order valence-electron chi connectivity index (χ4n) is 3.38. The first-order valence-electron chi connectivity index (χ1n) is 10.0. The SMILES string of the molecule is CCOC(=O)C(C#N)=CC=C(c1ccc(Cl)cc1)N1CCN(c2ccc(F)cc2)CC1. The first-order chi connectivity index (χ1) is 15.0. The van der Waals surface area contributed by atoms with Gasteiger partial charge in [0, 0.05) is 42.6 Å². The second kappa shape index (κ2) is 10.6. The quantitative estimate of drug-likeness (QED) is 0.284. The molecule has 1 saturated heterocycles. The van der Waals surface area contributed by atoms with Gasteiger partial charge in [-0.05, 0) is 61.0 Å². The number of benzene rings is 2. The van der Waals surface area contributed by atoms with Crippen molar-refractivity contribution in [1.82, 2.24) is 4.90 Å². The summed E-state index contributed by atoms with van der Waals surface area (Å²) in [6.07, 6.45) is 3.26. The maximum Gasteiger partial charge on any atom is 0.348 e. The lowest BCUT2D eigenvalue weighted by Crippen LogP contribution is -2.45. The number of hydrogen-bond donors (Lipinski definition) is 0. The van der Waals surface area contributed by atoms with Crippen molar-refractivity contribution < 1.29 is 13.9 Å². The lowest BCUT2D eigenvalue weighted by molar-refractivity contribution is -0.138. The molecule has 7 heteroatoms. The Labute approximate surface area is 186 Å². The number of halogens is 2. The molecule has 5 nitrogen and oxygen atoms in total. The summed E-state index contributed by atoms with van der Waals surface area (Å²) in [5.41, 5.74) is 2.73. The van der Waals surface area contributed by atoms with Gasteiger partial charge in [0.2, 0.25) is 0 Å². The summed E-state index contributed by atoms with van der Waals surface area (Å²) in [5, 5.41) is 9.95. The van der Waals surface area contributed by atoms with Crippen molar-refractivity contribution in [2.45, 2.75) is 6.92 Å². The molecule has 0 bridgehead atoms. The number of piperazine rings is 1. The van der Waals surface area contributed by atoms with Crippen molar-refractivity contribution in [2.75, 3.05) is 37.7 Å². The molecule has 0 amide bonds. The summed E-state index contributed by atoms with van der Waals surface area (Å²) in [7, 11) is 0. The van der Waals surface area contributed by atoms with Crippen molar-refractivity contribution >= 4 is 29.0 Å². The van der Waals surface area contributed by atoms with E-state index in [1.165, 1.54) is 18.2 Å². The molecule has 160 valence electrons. The van der Waals surface area contributed by atoms with Gasteiger partial charge in [-0.2, -0.15) is 5.26 Å². The van der Waals surface area contributed by atoms with Gasteiger partial charge < -0.3 is 14.5 Å². The van der Waals surface area contributed by atoms with E-state index < -0.39 is 5.97 Å². The number of nitriles is 1. The predicted molar refractivity (Wildman–Crippen MR) is 120 cm³/mol. The smallest absolute Gasteiger partial charge is 0.348 e. The second-order valence-corrected chi connectivity index (χ2v) is 7.36. The lowest BCUT2D eigenvalue weighted by atomic mass is 10.1. The number of ether oxygens (including phenoxy) is 1. The Morgan fingerprint density at radius 3 is 2.32 bits per heavy atom. The third kappa shape index (κ3) is 5.87. The van der Waals surface area contributed by atoms with Crippen molar-refractivity contribution in [2.24, 2.45) is 0 Å². The van der Waals surface area contributed by atoms with E-state index in [0.29, 0.717) is 5.02 Å². The summed E-state index contributed by atoms with van der Waals surface area (Å²) in [6, 6.07) is 15.8. The van der Waals surface area contributed by atoms with Gasteiger partial charge in [-0.1, -0.05) is 23.7 Å². The molecular formula is C24H23ClFN3O2. The highest BCUT2D eigenvalue weighted by molar-refractivity contribution is 6.30. The third-order valence-electron chi connectivity index (χ3n) is 4.98. The third-order valence-corrected chi connectivity index (χ3v) is 5.23. The molecular weight excluding hydrogens is 417 g/mol. The number of carbonyl (C=O) groups excluding carboxylic acids is 1. The van der Waals surface area contributed by atoms with E-state index in [9.17, 15) is 14.4 Å². The van der Waals surface area contributed by atoms with Crippen LogP contribution in [0.2, 0.25) is 5.02 Å². The highest BCUT2D eigenvalue weighted by Gasteiger charge is 2.20. The molecule has 0 aliphatic carbocycles. The number of nitrogens with zero attached hydrogens (tertiary/aromatic N) is 3. The Hall–Kier alpha value is -3.30. The molecule has 0 N–H and O–H groups in total. The normalized spacial score (nSPS) is 14.9. The van der Waals surface area contributed by atoms with Crippen LogP contribution in [0.4, 0.5) is 10.1 Å². The van der Waals surface area contributed by atoms with Crippen LogP contribution in [0.5, 0.6) is 0 Å². The topological polar surface area (TPSA) is 56.6 Å². The molecule has 0 aromatic heterocycles. The van der Waals surface area contributed by atoms with Crippen LogP contribution in [0, 0.1) is 17.1 Å². The van der Waals surface area contributed by atoms with E-state index in [-0.39, 0.29) is 18.0 Å². The summed E-state index contributed by atoms with van der Waals surface area (Å²) >= 11 is 6.04. The maximum atomic E-state index is 13.2. The Morgan fingerprint density at radius 1 is 1.10 bits per heavy atom. The zero-order valence-corrected chi connectivity index (χ0v) is 18.0. The van der Waals surface area contributed by atoms with Crippen molar-refractivity contribution in [3.63, 3.8) is 0 Å². The zero-order chi connectivity index (χ0) is 22.2. The molecule has 0 unspecified atom stereocenters. The molecule has 1 aliphatic heterocycles. The summed E-state index contributed by atoms with van der Waals surface area (Å²) in [6.45, 7) is 4.86. The Morgan fingerprint density at radius 2 is 1.74 bits per heavy atom. The van der Waals surface area contributed by atoms with Gasteiger partial charge in [0.25, 0.3) is 0 Å². The molecule has 31 heavy (non-hydrogen) atoms. The molecule has 2 aromatic rings. The van der Waals surface area contributed by atoms with Gasteiger partial charge in [-0.25, -0.2) is 9.18 Å². The minimum Gasteiger partial charge on any atom is -0.462 e. The van der Waals surface area contributed by atoms with E-state index in [4.69, 9.17) is 16.3 Å². The molecule has 0 radical (unpaired) electrons. The zero-order valence-electron chi connectivity index (χ0n) is 17.2. The standard InChI is InChI=1S/C24H23ClFN3O2/c1-2-31-24(30)19(17-27)5-12-23(18-3-6-20(25)7-4-18)29-15-13-28(14-16-29)22-10-8-21(26)9-11-22/h3-12H,2,13-16H2,1H3. The molecule has 0 atom stereocenters. The number of allylic oxidation sites excluding steroid dienone is 2. The summed E-state index contributed by atoms with van der Waals surface area (Å²) in [4.78, 5) is 16.4. The van der Waals surface area contributed by atoms with E-state index in [1.54, 1.807) is 37.3 Å². The van der Waals surface area contributed by atoms with Gasteiger partial charge in [0.15, 0.2) is 0 Å². The Bertz CT molecular complexity index is 1000. The average molecular weight is 440 g/mol. The van der Waals surface area contributed by atoms with Crippen molar-refractivity contribution in [3.05, 3.63) is 82.7 Å². The fourth-order valence-corrected chi connectivity index (χ4v) is 3.51. The molecule has 2 aromatic carbocycles. The fraction of sp³-hybridized carbons (Fsp3) is 0.250. The second-order valence-electron chi connectivity index (χ2n) is 6.92. The number of hydrogen-bond acceptors (Lipinski definition) is 5. The minimum absolute atomic E-state index is 0.0572. The van der Waals surface area contributed by atoms with E-state index in [2.05, 4.69) is 9.80 Å². The van der Waals surface area contributed by atoms with Crippen LogP contribution in [0.1, 0.15) is 12.5 Å². The molecule has 1 heterocycles. The molecule has 3 rings (SSSR count). The van der Waals surface area contributed by atoms with E-state index >= 15 is 0 Å². The van der Waals surface area contributed by atoms with Crippen LogP contribution >= 0.6 is 11.6 Å². The van der Waals surface area contributed by atoms with Crippen LogP contribution in [-0.4, -0.2) is 43.7 Å². The van der Waals surface area contributed by atoms with Crippen LogP contribution < -0.4 is 4.90 Å². The summed E-state index contributed by atoms with van der Waals surface area (Å²) < 4.78 is 18.2. The Balaban J connectivity index is 1.84. The monoisotopic (exact) mass is 439 g/mol. The van der Waals surface area contributed by atoms with E-state index in [0.717, 1.165) is 43.1 Å². The molecule has 0 spiro atoms. The van der Waals surface area contributed by atoms with E-state index in [1.807, 2.05) is 18.2 Å². The van der Waals surface area contributed by atoms with Crippen molar-refractivity contribution in [1.29, 1.82) is 5.26 Å². The molecule has 1 fully saturated rings. The predicted octanol–water partition coefficient (Wildman–Crippen LogP) is 4.66. The minimum atomic E-state index is -0.641. The van der Waals surface area contributed by atoms with Gasteiger partial charge in [0.1, 0.15) is 17.5 Å². The van der Waals surface area contributed by atoms with Crippen LogP contribution in [0.25, 0.3) is 5.70 Å². The molecule has 1 aliphatic rings. The first-order valence-corrected chi connectivity index (χ1v) is 10.4. The van der Waals surface area contributed by atoms with Crippen LogP contribution in [-0.2, 0) is 9.53 Å².